The van der Waals surface area contributed by atoms with Crippen LogP contribution < -0.4 is 14.8 Å². The van der Waals surface area contributed by atoms with Crippen LogP contribution in [0.25, 0.3) is 0 Å². The van der Waals surface area contributed by atoms with E-state index in [-0.39, 0.29) is 11.3 Å². The third kappa shape index (κ3) is 3.93. The first kappa shape index (κ1) is 19.6. The van der Waals surface area contributed by atoms with Gasteiger partial charge in [0, 0.05) is 11.6 Å². The summed E-state index contributed by atoms with van der Waals surface area (Å²) in [4.78, 5) is 24.0. The Morgan fingerprint density at radius 3 is 2.04 bits per heavy atom. The van der Waals surface area contributed by atoms with Gasteiger partial charge in [-0.1, -0.05) is 0 Å². The highest BCUT2D eigenvalue weighted by Gasteiger charge is 2.20. The first-order valence-corrected chi connectivity index (χ1v) is 7.91. The quantitative estimate of drug-likeness (QED) is 0.731. The van der Waals surface area contributed by atoms with Crippen LogP contribution in [-0.2, 0) is 4.74 Å². The van der Waals surface area contributed by atoms with Crippen molar-refractivity contribution in [3.8, 4) is 11.5 Å². The Hall–Kier alpha value is -2.68. The molecule has 0 unspecified atom stereocenters. The number of halogens is 3. The van der Waals surface area contributed by atoms with E-state index >= 15 is 0 Å². The predicted octanol–water partition coefficient (Wildman–Crippen LogP) is 3.78. The van der Waals surface area contributed by atoms with Gasteiger partial charge in [0.2, 0.25) is 0 Å². The standard InChI is InChI=1S/C17H14BrF2NO5/c1-24-13-4-8(5-14(25-2)15(13)18)16(22)21-12-6-9(17(23)26-3)10(19)7-11(12)20/h4-7H,1-3H3,(H,21,22). The fraction of sp³-hybridized carbons (Fsp3) is 0.176. The van der Waals surface area contributed by atoms with Crippen molar-refractivity contribution in [2.75, 3.05) is 26.6 Å². The lowest BCUT2D eigenvalue weighted by Gasteiger charge is -2.13. The number of methoxy groups -OCH3 is 3. The van der Waals surface area contributed by atoms with E-state index in [1.807, 2.05) is 0 Å². The second-order valence-electron chi connectivity index (χ2n) is 4.95. The summed E-state index contributed by atoms with van der Waals surface area (Å²) in [5, 5.41) is 2.28. The number of hydrogen-bond donors (Lipinski definition) is 1. The minimum Gasteiger partial charge on any atom is -0.495 e. The number of benzene rings is 2. The molecule has 2 rings (SSSR count). The zero-order valence-corrected chi connectivity index (χ0v) is 15.6. The molecule has 138 valence electrons. The molecule has 0 saturated heterocycles. The van der Waals surface area contributed by atoms with E-state index in [0.717, 1.165) is 13.2 Å². The van der Waals surface area contributed by atoms with Gasteiger partial charge in [0.1, 0.15) is 27.6 Å². The molecule has 0 fully saturated rings. The lowest BCUT2D eigenvalue weighted by atomic mass is 10.1. The van der Waals surface area contributed by atoms with Gasteiger partial charge < -0.3 is 19.5 Å². The molecule has 0 aromatic heterocycles. The second kappa shape index (κ2) is 8.13. The fourth-order valence-electron chi connectivity index (χ4n) is 2.11. The third-order valence-electron chi connectivity index (χ3n) is 3.42. The maximum Gasteiger partial charge on any atom is 0.340 e. The highest BCUT2D eigenvalue weighted by atomic mass is 79.9. The van der Waals surface area contributed by atoms with Crippen molar-refractivity contribution in [3.05, 3.63) is 51.5 Å². The van der Waals surface area contributed by atoms with E-state index in [2.05, 4.69) is 26.0 Å². The van der Waals surface area contributed by atoms with E-state index in [0.29, 0.717) is 22.0 Å². The average molecular weight is 430 g/mol. The molecule has 1 N–H and O–H groups in total. The van der Waals surface area contributed by atoms with E-state index in [1.54, 1.807) is 0 Å². The Bertz CT molecular complexity index is 847. The van der Waals surface area contributed by atoms with Gasteiger partial charge >= 0.3 is 5.97 Å². The summed E-state index contributed by atoms with van der Waals surface area (Å²) in [5.41, 5.74) is -0.780. The van der Waals surface area contributed by atoms with E-state index in [4.69, 9.17) is 9.47 Å². The maximum absolute atomic E-state index is 14.0. The summed E-state index contributed by atoms with van der Waals surface area (Å²) < 4.78 is 42.8. The zero-order valence-electron chi connectivity index (χ0n) is 14.0. The molecule has 0 aliphatic heterocycles. The van der Waals surface area contributed by atoms with E-state index in [1.165, 1.54) is 26.4 Å². The van der Waals surface area contributed by atoms with Crippen LogP contribution >= 0.6 is 15.9 Å². The predicted molar refractivity (Wildman–Crippen MR) is 92.9 cm³/mol. The first-order chi connectivity index (χ1) is 12.3. The van der Waals surface area contributed by atoms with Gasteiger partial charge in [0.15, 0.2) is 0 Å². The Morgan fingerprint density at radius 2 is 1.54 bits per heavy atom. The van der Waals surface area contributed by atoms with Gasteiger partial charge in [-0.25, -0.2) is 13.6 Å². The molecule has 0 radical (unpaired) electrons. The number of hydrogen-bond acceptors (Lipinski definition) is 5. The summed E-state index contributed by atoms with van der Waals surface area (Å²) in [5.74, 6) is -3.20. The van der Waals surface area contributed by atoms with Crippen molar-refractivity contribution in [1.82, 2.24) is 0 Å². The summed E-state index contributed by atoms with van der Waals surface area (Å²) >= 11 is 3.27. The molecule has 0 bridgehead atoms. The fourth-order valence-corrected chi connectivity index (χ4v) is 2.66. The Kier molecular flexibility index (Phi) is 6.14. The van der Waals surface area contributed by atoms with Crippen LogP contribution in [0.5, 0.6) is 11.5 Å². The molecule has 0 atom stereocenters. The number of carbonyl (C=O) groups excluding carboxylic acids is 2. The van der Waals surface area contributed by atoms with Crippen LogP contribution in [0.3, 0.4) is 0 Å². The van der Waals surface area contributed by atoms with E-state index in [9.17, 15) is 18.4 Å². The molecule has 0 aliphatic carbocycles. The number of ether oxygens (including phenoxy) is 3. The SMILES string of the molecule is COC(=O)c1cc(NC(=O)c2cc(OC)c(Br)c(OC)c2)c(F)cc1F. The molecule has 2 aromatic rings. The molecule has 26 heavy (non-hydrogen) atoms. The number of esters is 1. The minimum absolute atomic E-state index is 0.102. The zero-order chi connectivity index (χ0) is 19.4. The van der Waals surface area contributed by atoms with Crippen molar-refractivity contribution in [1.29, 1.82) is 0 Å². The summed E-state index contributed by atoms with van der Waals surface area (Å²) in [6.07, 6.45) is 0. The lowest BCUT2D eigenvalue weighted by molar-refractivity contribution is 0.0595. The summed E-state index contributed by atoms with van der Waals surface area (Å²) in [6.45, 7) is 0. The van der Waals surface area contributed by atoms with Gasteiger partial charge in [0.25, 0.3) is 5.91 Å². The number of rotatable bonds is 5. The number of anilines is 1. The smallest absolute Gasteiger partial charge is 0.340 e. The van der Waals surface area contributed by atoms with Crippen LogP contribution in [-0.4, -0.2) is 33.2 Å². The monoisotopic (exact) mass is 429 g/mol. The number of amides is 1. The van der Waals surface area contributed by atoms with Crippen molar-refractivity contribution < 1.29 is 32.6 Å². The van der Waals surface area contributed by atoms with Crippen LogP contribution in [0.1, 0.15) is 20.7 Å². The third-order valence-corrected chi connectivity index (χ3v) is 4.20. The lowest BCUT2D eigenvalue weighted by Crippen LogP contribution is -2.15. The Balaban J connectivity index is 2.40. The van der Waals surface area contributed by atoms with Crippen LogP contribution in [0.2, 0.25) is 0 Å². The summed E-state index contributed by atoms with van der Waals surface area (Å²) in [7, 11) is 3.87. The first-order valence-electron chi connectivity index (χ1n) is 7.12. The van der Waals surface area contributed by atoms with Gasteiger partial charge in [-0.15, -0.1) is 0 Å². The molecular weight excluding hydrogens is 416 g/mol. The summed E-state index contributed by atoms with van der Waals surface area (Å²) in [6, 6.07) is 4.17. The second-order valence-corrected chi connectivity index (χ2v) is 5.75. The molecule has 0 heterocycles. The van der Waals surface area contributed by atoms with Gasteiger partial charge in [0.05, 0.1) is 32.6 Å². The number of carbonyl (C=O) groups is 2. The van der Waals surface area contributed by atoms with Gasteiger partial charge in [-0.05, 0) is 34.1 Å². The highest BCUT2D eigenvalue weighted by molar-refractivity contribution is 9.10. The van der Waals surface area contributed by atoms with Crippen LogP contribution in [0.15, 0.2) is 28.7 Å². The molecule has 2 aromatic carbocycles. The van der Waals surface area contributed by atoms with Gasteiger partial charge in [-0.3, -0.25) is 4.79 Å². The number of nitrogens with one attached hydrogen (secondary N) is 1. The topological polar surface area (TPSA) is 73.9 Å². The molecule has 0 saturated carbocycles. The minimum atomic E-state index is -1.10. The highest BCUT2D eigenvalue weighted by Crippen LogP contribution is 2.36. The maximum atomic E-state index is 14.0. The molecule has 0 aliphatic rings. The molecule has 1 amide bonds. The van der Waals surface area contributed by atoms with Crippen molar-refractivity contribution in [2.24, 2.45) is 0 Å². The Morgan fingerprint density at radius 1 is 0.962 bits per heavy atom. The molecule has 9 heteroatoms. The van der Waals surface area contributed by atoms with Crippen LogP contribution in [0.4, 0.5) is 14.5 Å². The molecule has 0 spiro atoms. The normalized spacial score (nSPS) is 10.2. The van der Waals surface area contributed by atoms with Crippen molar-refractivity contribution >= 4 is 33.5 Å². The molecular formula is C17H14BrF2NO5. The van der Waals surface area contributed by atoms with Gasteiger partial charge in [-0.2, -0.15) is 0 Å². The average Bonchev–Trinajstić information content (AvgIpc) is 2.63. The molecule has 6 nitrogen and oxygen atoms in total. The van der Waals surface area contributed by atoms with Crippen molar-refractivity contribution in [3.63, 3.8) is 0 Å². The van der Waals surface area contributed by atoms with Crippen LogP contribution in [0, 0.1) is 11.6 Å². The largest absolute Gasteiger partial charge is 0.495 e. The van der Waals surface area contributed by atoms with E-state index < -0.39 is 29.1 Å². The Labute approximate surface area is 156 Å². The van der Waals surface area contributed by atoms with Crippen molar-refractivity contribution in [2.45, 2.75) is 0 Å².